The van der Waals surface area contributed by atoms with Crippen LogP contribution in [0, 0.1) is 20.0 Å². The van der Waals surface area contributed by atoms with Gasteiger partial charge in [0, 0.05) is 38.4 Å². The maximum atomic E-state index is 5.17. The molecule has 0 unspecified atom stereocenters. The largest absolute Gasteiger partial charge is 0.502 e. The molecule has 0 aromatic heterocycles. The summed E-state index contributed by atoms with van der Waals surface area (Å²) in [5.74, 6) is 0. The number of aryl methyl sites for hydroxylation is 1. The number of rotatable bonds is 2. The first-order valence-electron chi connectivity index (χ1n) is 6.51. The number of hydrogen-bond donors (Lipinski definition) is 1. The van der Waals surface area contributed by atoms with Crippen molar-refractivity contribution in [2.24, 2.45) is 0 Å². The Morgan fingerprint density at radius 3 is 2.24 bits per heavy atom. The first kappa shape index (κ1) is 20.2. The molecule has 2 aromatic rings. The fourth-order valence-electron chi connectivity index (χ4n) is 1.39. The second-order valence-electron chi connectivity index (χ2n) is 4.18. The minimum atomic E-state index is 0. The molecule has 0 heterocycles. The summed E-state index contributed by atoms with van der Waals surface area (Å²) in [4.78, 5) is 1.75. The summed E-state index contributed by atoms with van der Waals surface area (Å²) in [6.45, 7) is 4.86. The van der Waals surface area contributed by atoms with Gasteiger partial charge in [-0.1, -0.05) is 18.2 Å². The number of para-hydroxylation sites is 1. The summed E-state index contributed by atoms with van der Waals surface area (Å²) in [6, 6.07) is 20.5. The standard InChI is InChI=1S/C11H15N2S.C6H5.Y/c1-4-13(3)11(14)12-10-8-6-5-7-9(10)2;1-2-4-6-5-3-1;/h5-8H,3-4H2,1-2H3,(H,12,14);1-5H;/q2*-1;. The fraction of sp³-hybridized carbons (Fsp3) is 0.176. The molecule has 0 spiro atoms. The summed E-state index contributed by atoms with van der Waals surface area (Å²) in [5, 5.41) is 3.81. The molecular weight excluding hydrogens is 353 g/mol. The molecule has 1 radical (unpaired) electrons. The van der Waals surface area contributed by atoms with Gasteiger partial charge in [0.05, 0.1) is 0 Å². The first-order valence-corrected chi connectivity index (χ1v) is 6.91. The molecule has 0 amide bonds. The Hall–Kier alpha value is -0.766. The topological polar surface area (TPSA) is 15.3 Å². The SMILES string of the molecule is [CH2-]N(CC)C(=S)Nc1ccccc1C.[Y].[c-]1ccccc1. The molecular formula is C17H20N2SY-2. The van der Waals surface area contributed by atoms with Crippen molar-refractivity contribution in [1.82, 2.24) is 4.90 Å². The van der Waals surface area contributed by atoms with Crippen LogP contribution in [0.15, 0.2) is 54.6 Å². The molecule has 0 atom stereocenters. The van der Waals surface area contributed by atoms with Crippen LogP contribution in [0.5, 0.6) is 0 Å². The zero-order valence-electron chi connectivity index (χ0n) is 12.5. The second-order valence-corrected chi connectivity index (χ2v) is 4.57. The quantitative estimate of drug-likeness (QED) is 0.625. The third-order valence-electron chi connectivity index (χ3n) is 2.66. The van der Waals surface area contributed by atoms with E-state index in [9.17, 15) is 0 Å². The van der Waals surface area contributed by atoms with Crippen LogP contribution >= 0.6 is 12.2 Å². The van der Waals surface area contributed by atoms with Crippen molar-refractivity contribution < 1.29 is 32.7 Å². The molecule has 4 heteroatoms. The van der Waals surface area contributed by atoms with E-state index >= 15 is 0 Å². The van der Waals surface area contributed by atoms with Crippen LogP contribution in [0.3, 0.4) is 0 Å². The average molecular weight is 373 g/mol. The van der Waals surface area contributed by atoms with Crippen LogP contribution in [0.1, 0.15) is 12.5 Å². The molecule has 21 heavy (non-hydrogen) atoms. The maximum absolute atomic E-state index is 5.17. The van der Waals surface area contributed by atoms with Crippen molar-refractivity contribution in [2.45, 2.75) is 13.8 Å². The molecule has 0 aliphatic rings. The predicted molar refractivity (Wildman–Crippen MR) is 90.4 cm³/mol. The molecule has 109 valence electrons. The van der Waals surface area contributed by atoms with Gasteiger partial charge in [0.25, 0.3) is 0 Å². The monoisotopic (exact) mass is 373 g/mol. The van der Waals surface area contributed by atoms with Gasteiger partial charge in [-0.3, -0.25) is 7.05 Å². The van der Waals surface area contributed by atoms with Crippen molar-refractivity contribution in [3.05, 3.63) is 73.3 Å². The normalized spacial score (nSPS) is 8.71. The van der Waals surface area contributed by atoms with E-state index in [1.807, 2.05) is 68.4 Å². The predicted octanol–water partition coefficient (Wildman–Crippen LogP) is 4.29. The van der Waals surface area contributed by atoms with E-state index in [0.29, 0.717) is 5.11 Å². The van der Waals surface area contributed by atoms with Crippen molar-refractivity contribution in [3.8, 4) is 0 Å². The van der Waals surface area contributed by atoms with Gasteiger partial charge in [-0.05, 0) is 44.2 Å². The zero-order chi connectivity index (χ0) is 14.8. The summed E-state index contributed by atoms with van der Waals surface area (Å²) in [7, 11) is 3.81. The Bertz CT molecular complexity index is 491. The van der Waals surface area contributed by atoms with Gasteiger partial charge in [0.15, 0.2) is 0 Å². The smallest absolute Gasteiger partial charge is 0.143 e. The van der Waals surface area contributed by atoms with Gasteiger partial charge in [-0.2, -0.15) is 36.4 Å². The molecule has 0 bridgehead atoms. The molecule has 0 saturated heterocycles. The Kier molecular flexibility index (Phi) is 11.4. The summed E-state index contributed by atoms with van der Waals surface area (Å²) in [5.41, 5.74) is 2.22. The van der Waals surface area contributed by atoms with E-state index in [2.05, 4.69) is 18.4 Å². The van der Waals surface area contributed by atoms with Crippen LogP contribution in [0.4, 0.5) is 5.69 Å². The Morgan fingerprint density at radius 2 is 1.81 bits per heavy atom. The Morgan fingerprint density at radius 1 is 1.19 bits per heavy atom. The van der Waals surface area contributed by atoms with Gasteiger partial charge in [-0.25, -0.2) is 0 Å². The first-order chi connectivity index (χ1) is 9.65. The van der Waals surface area contributed by atoms with Crippen LogP contribution in [0.25, 0.3) is 0 Å². The van der Waals surface area contributed by atoms with E-state index in [-0.39, 0.29) is 32.7 Å². The van der Waals surface area contributed by atoms with E-state index in [1.165, 1.54) is 5.56 Å². The van der Waals surface area contributed by atoms with Gasteiger partial charge in [0.1, 0.15) is 5.11 Å². The van der Waals surface area contributed by atoms with E-state index in [4.69, 9.17) is 12.2 Å². The number of hydrogen-bond acceptors (Lipinski definition) is 1. The zero-order valence-corrected chi connectivity index (χ0v) is 16.2. The van der Waals surface area contributed by atoms with E-state index in [1.54, 1.807) is 4.90 Å². The van der Waals surface area contributed by atoms with Gasteiger partial charge in [0.2, 0.25) is 0 Å². The van der Waals surface area contributed by atoms with Crippen molar-refractivity contribution in [1.29, 1.82) is 0 Å². The van der Waals surface area contributed by atoms with Crippen LogP contribution < -0.4 is 5.32 Å². The number of benzene rings is 2. The molecule has 0 aliphatic heterocycles. The van der Waals surface area contributed by atoms with E-state index < -0.39 is 0 Å². The third-order valence-corrected chi connectivity index (χ3v) is 3.02. The molecule has 0 fully saturated rings. The van der Waals surface area contributed by atoms with Gasteiger partial charge in [-0.15, -0.1) is 0 Å². The average Bonchev–Trinajstić information content (AvgIpc) is 2.51. The van der Waals surface area contributed by atoms with Crippen molar-refractivity contribution in [3.63, 3.8) is 0 Å². The molecule has 2 aromatic carbocycles. The fourth-order valence-corrected chi connectivity index (χ4v) is 1.63. The van der Waals surface area contributed by atoms with Crippen molar-refractivity contribution >= 4 is 23.0 Å². The third kappa shape index (κ3) is 8.30. The second kappa shape index (κ2) is 11.8. The Balaban J connectivity index is 0.000000480. The molecule has 1 N–H and O–H groups in total. The summed E-state index contributed by atoms with van der Waals surface area (Å²) >= 11 is 5.17. The molecule has 0 aliphatic carbocycles. The minimum absolute atomic E-state index is 0. The molecule has 2 nitrogen and oxygen atoms in total. The van der Waals surface area contributed by atoms with Gasteiger partial charge < -0.3 is 10.2 Å². The maximum Gasteiger partial charge on any atom is 0.143 e. The summed E-state index contributed by atoms with van der Waals surface area (Å²) < 4.78 is 0. The van der Waals surface area contributed by atoms with Crippen LogP contribution in [-0.2, 0) is 32.7 Å². The van der Waals surface area contributed by atoms with Crippen LogP contribution in [0.2, 0.25) is 0 Å². The number of nitrogens with zero attached hydrogens (tertiary/aromatic N) is 1. The number of thiocarbonyl (C=S) groups is 1. The molecule has 0 saturated carbocycles. The van der Waals surface area contributed by atoms with Gasteiger partial charge >= 0.3 is 0 Å². The summed E-state index contributed by atoms with van der Waals surface area (Å²) in [6.07, 6.45) is 0. The number of nitrogens with one attached hydrogen (secondary N) is 1. The number of anilines is 1. The van der Waals surface area contributed by atoms with Crippen molar-refractivity contribution in [2.75, 3.05) is 11.9 Å². The van der Waals surface area contributed by atoms with E-state index in [0.717, 1.165) is 12.2 Å². The molecule has 2 rings (SSSR count). The van der Waals surface area contributed by atoms with Crippen LogP contribution in [-0.4, -0.2) is 16.6 Å². The minimum Gasteiger partial charge on any atom is -0.502 e. The Labute approximate surface area is 158 Å².